The topological polar surface area (TPSA) is 41.5 Å². The lowest BCUT2D eigenvalue weighted by Gasteiger charge is -2.55. The van der Waals surface area contributed by atoms with Crippen LogP contribution in [0.3, 0.4) is 0 Å². The van der Waals surface area contributed by atoms with Crippen LogP contribution in [-0.4, -0.2) is 37.0 Å². The van der Waals surface area contributed by atoms with Gasteiger partial charge in [-0.15, -0.1) is 0 Å². The molecule has 2 aliphatic carbocycles. The zero-order valence-corrected chi connectivity index (χ0v) is 10.3. The van der Waals surface area contributed by atoms with Crippen molar-refractivity contribution in [3.05, 3.63) is 0 Å². The van der Waals surface area contributed by atoms with Gasteiger partial charge in [0.1, 0.15) is 0 Å². The lowest BCUT2D eigenvalue weighted by atomic mass is 9.57. The van der Waals surface area contributed by atoms with Gasteiger partial charge in [-0.1, -0.05) is 13.8 Å². The third-order valence-electron chi connectivity index (χ3n) is 5.09. The fourth-order valence-corrected chi connectivity index (χ4v) is 3.63. The highest BCUT2D eigenvalue weighted by molar-refractivity contribution is 5.12. The molecule has 2 N–H and O–H groups in total. The van der Waals surface area contributed by atoms with Gasteiger partial charge in [0, 0.05) is 42.5 Å². The number of hydrogen-bond acceptors (Lipinski definition) is 3. The Morgan fingerprint density at radius 3 is 2.75 bits per heavy atom. The minimum absolute atomic E-state index is 0.223. The van der Waals surface area contributed by atoms with Crippen molar-refractivity contribution in [2.24, 2.45) is 16.7 Å². The standard InChI is InChI=1S/C13H23NO2/c1-12(2)10(9-3-6-16-11(9)12)14-7-13(8-15)4-5-13/h9-11,14-15H,3-8H2,1-2H3. The first-order valence-corrected chi connectivity index (χ1v) is 6.55. The Morgan fingerprint density at radius 1 is 1.38 bits per heavy atom. The van der Waals surface area contributed by atoms with E-state index in [2.05, 4.69) is 19.2 Å². The average Bonchev–Trinajstić information content (AvgIpc) is 2.88. The highest BCUT2D eigenvalue weighted by Gasteiger charge is 2.59. The summed E-state index contributed by atoms with van der Waals surface area (Å²) in [5, 5.41) is 13.0. The second kappa shape index (κ2) is 3.44. The van der Waals surface area contributed by atoms with E-state index in [9.17, 15) is 5.11 Å². The lowest BCUT2D eigenvalue weighted by molar-refractivity contribution is -0.113. The molecule has 0 aromatic carbocycles. The Hall–Kier alpha value is -0.120. The van der Waals surface area contributed by atoms with Crippen molar-refractivity contribution >= 4 is 0 Å². The van der Waals surface area contributed by atoms with E-state index in [1.54, 1.807) is 0 Å². The van der Waals surface area contributed by atoms with E-state index in [0.29, 0.717) is 24.7 Å². The molecule has 3 heteroatoms. The molecule has 3 fully saturated rings. The van der Waals surface area contributed by atoms with E-state index < -0.39 is 0 Å². The molecule has 92 valence electrons. The number of aliphatic hydroxyl groups is 1. The average molecular weight is 225 g/mol. The van der Waals surface area contributed by atoms with Gasteiger partial charge in [-0.05, 0) is 19.3 Å². The van der Waals surface area contributed by atoms with Crippen LogP contribution in [0.2, 0.25) is 0 Å². The minimum Gasteiger partial charge on any atom is -0.396 e. The number of nitrogens with one attached hydrogen (secondary N) is 1. The number of rotatable bonds is 4. The highest BCUT2D eigenvalue weighted by Crippen LogP contribution is 2.53. The number of ether oxygens (including phenoxy) is 1. The van der Waals surface area contributed by atoms with Gasteiger partial charge in [-0.25, -0.2) is 0 Å². The molecule has 1 saturated heterocycles. The van der Waals surface area contributed by atoms with Gasteiger partial charge in [0.2, 0.25) is 0 Å². The molecular formula is C13H23NO2. The maximum atomic E-state index is 9.31. The molecule has 3 atom stereocenters. The molecule has 3 rings (SSSR count). The van der Waals surface area contributed by atoms with Gasteiger partial charge in [0.15, 0.2) is 0 Å². The second-order valence-corrected chi connectivity index (χ2v) is 6.58. The molecule has 3 aliphatic rings. The van der Waals surface area contributed by atoms with Crippen molar-refractivity contribution < 1.29 is 9.84 Å². The summed E-state index contributed by atoms with van der Waals surface area (Å²) < 4.78 is 5.78. The Labute approximate surface area is 97.6 Å². The summed E-state index contributed by atoms with van der Waals surface area (Å²) in [7, 11) is 0. The molecule has 2 saturated carbocycles. The van der Waals surface area contributed by atoms with Crippen LogP contribution < -0.4 is 5.32 Å². The summed E-state index contributed by atoms with van der Waals surface area (Å²) in [6, 6.07) is 0.587. The first-order valence-electron chi connectivity index (χ1n) is 6.55. The molecule has 1 aliphatic heterocycles. The van der Waals surface area contributed by atoms with Crippen LogP contribution >= 0.6 is 0 Å². The van der Waals surface area contributed by atoms with Crippen LogP contribution in [0.5, 0.6) is 0 Å². The predicted octanol–water partition coefficient (Wildman–Crippen LogP) is 1.16. The van der Waals surface area contributed by atoms with Crippen LogP contribution in [0, 0.1) is 16.7 Å². The van der Waals surface area contributed by atoms with Crippen molar-refractivity contribution in [2.45, 2.75) is 45.3 Å². The van der Waals surface area contributed by atoms with Gasteiger partial charge in [0.05, 0.1) is 6.10 Å². The number of hydrogen-bond donors (Lipinski definition) is 2. The first kappa shape index (κ1) is 11.0. The van der Waals surface area contributed by atoms with Crippen LogP contribution in [0.1, 0.15) is 33.1 Å². The SMILES string of the molecule is CC1(C)C(NCC2(CO)CC2)C2CCOC21. The molecule has 0 bridgehead atoms. The molecule has 3 unspecified atom stereocenters. The molecular weight excluding hydrogens is 202 g/mol. The molecule has 3 nitrogen and oxygen atoms in total. The molecule has 0 aromatic rings. The zero-order chi connectivity index (χ0) is 11.4. The molecule has 0 spiro atoms. The Morgan fingerprint density at radius 2 is 2.12 bits per heavy atom. The largest absolute Gasteiger partial charge is 0.396 e. The van der Waals surface area contributed by atoms with E-state index in [1.807, 2.05) is 0 Å². The molecule has 1 heterocycles. The van der Waals surface area contributed by atoms with Gasteiger partial charge >= 0.3 is 0 Å². The van der Waals surface area contributed by atoms with E-state index >= 15 is 0 Å². The third kappa shape index (κ3) is 1.45. The Bertz CT molecular complexity index is 286. The van der Waals surface area contributed by atoms with E-state index in [-0.39, 0.29) is 10.8 Å². The molecule has 0 aromatic heterocycles. The maximum absolute atomic E-state index is 9.31. The smallest absolute Gasteiger partial charge is 0.0685 e. The van der Waals surface area contributed by atoms with Crippen LogP contribution in [0.15, 0.2) is 0 Å². The van der Waals surface area contributed by atoms with Crippen LogP contribution in [0.25, 0.3) is 0 Å². The van der Waals surface area contributed by atoms with E-state index in [4.69, 9.17) is 4.74 Å². The summed E-state index contributed by atoms with van der Waals surface area (Å²) in [5.41, 5.74) is 0.493. The van der Waals surface area contributed by atoms with Crippen molar-refractivity contribution in [2.75, 3.05) is 19.8 Å². The van der Waals surface area contributed by atoms with Crippen molar-refractivity contribution in [1.82, 2.24) is 5.32 Å². The van der Waals surface area contributed by atoms with Gasteiger partial charge in [-0.3, -0.25) is 0 Å². The predicted molar refractivity (Wildman–Crippen MR) is 62.2 cm³/mol. The maximum Gasteiger partial charge on any atom is 0.0685 e. The second-order valence-electron chi connectivity index (χ2n) is 6.58. The van der Waals surface area contributed by atoms with Gasteiger partial charge in [0.25, 0.3) is 0 Å². The Kier molecular flexibility index (Phi) is 2.36. The summed E-state index contributed by atoms with van der Waals surface area (Å²) in [6.45, 7) is 6.87. The monoisotopic (exact) mass is 225 g/mol. The summed E-state index contributed by atoms with van der Waals surface area (Å²) >= 11 is 0. The van der Waals surface area contributed by atoms with E-state index in [0.717, 1.165) is 13.2 Å². The Balaban J connectivity index is 1.59. The summed E-state index contributed by atoms with van der Waals surface area (Å²) in [4.78, 5) is 0. The van der Waals surface area contributed by atoms with Crippen molar-refractivity contribution in [3.63, 3.8) is 0 Å². The first-order chi connectivity index (χ1) is 7.59. The summed E-state index contributed by atoms with van der Waals surface area (Å²) in [5.74, 6) is 0.712. The molecule has 16 heavy (non-hydrogen) atoms. The zero-order valence-electron chi connectivity index (χ0n) is 10.3. The van der Waals surface area contributed by atoms with Crippen LogP contribution in [-0.2, 0) is 4.74 Å². The van der Waals surface area contributed by atoms with E-state index in [1.165, 1.54) is 19.3 Å². The van der Waals surface area contributed by atoms with Gasteiger partial charge in [-0.2, -0.15) is 0 Å². The summed E-state index contributed by atoms with van der Waals surface area (Å²) in [6.07, 6.45) is 4.05. The fraction of sp³-hybridized carbons (Fsp3) is 1.00. The highest BCUT2D eigenvalue weighted by atomic mass is 16.5. The lowest BCUT2D eigenvalue weighted by Crippen LogP contribution is -2.66. The van der Waals surface area contributed by atoms with Crippen molar-refractivity contribution in [1.29, 1.82) is 0 Å². The van der Waals surface area contributed by atoms with Crippen LogP contribution in [0.4, 0.5) is 0 Å². The third-order valence-corrected chi connectivity index (χ3v) is 5.09. The number of aliphatic hydroxyl groups excluding tert-OH is 1. The molecule has 0 amide bonds. The van der Waals surface area contributed by atoms with Gasteiger partial charge < -0.3 is 15.2 Å². The normalized spacial score (nSPS) is 42.6. The number of fused-ring (bicyclic) bond motifs is 1. The van der Waals surface area contributed by atoms with Crippen molar-refractivity contribution in [3.8, 4) is 0 Å². The molecule has 0 radical (unpaired) electrons. The fourth-order valence-electron chi connectivity index (χ4n) is 3.63. The minimum atomic E-state index is 0.223. The quantitative estimate of drug-likeness (QED) is 0.754.